The lowest BCUT2D eigenvalue weighted by atomic mass is 10.3. The highest BCUT2D eigenvalue weighted by atomic mass is 32.2. The van der Waals surface area contributed by atoms with Crippen molar-refractivity contribution in [3.05, 3.63) is 24.3 Å². The maximum atomic E-state index is 12.1. The van der Waals surface area contributed by atoms with Gasteiger partial charge in [-0.25, -0.2) is 0 Å². The van der Waals surface area contributed by atoms with Crippen LogP contribution in [0.4, 0.5) is 0 Å². The van der Waals surface area contributed by atoms with Gasteiger partial charge >= 0.3 is 0 Å². The number of hydrogen-bond acceptors (Lipinski definition) is 3. The normalized spacial score (nSPS) is 12.0. The Morgan fingerprint density at radius 1 is 1.39 bits per heavy atom. The van der Waals surface area contributed by atoms with Crippen LogP contribution in [0.25, 0.3) is 0 Å². The first-order valence-electron chi connectivity index (χ1n) is 6.21. The van der Waals surface area contributed by atoms with E-state index in [1.165, 1.54) is 0 Å². The number of benzene rings is 1. The van der Waals surface area contributed by atoms with Gasteiger partial charge in [0.2, 0.25) is 5.91 Å². The molecule has 3 nitrogen and oxygen atoms in total. The predicted molar refractivity (Wildman–Crippen MR) is 76.2 cm³/mol. The summed E-state index contributed by atoms with van der Waals surface area (Å²) in [7, 11) is 1.65. The fourth-order valence-electron chi connectivity index (χ4n) is 1.72. The standard InChI is InChI=1S/C14H21NO2S/c1-5-15(6-2)14(16)11(3)18-13-9-7-8-12(10-13)17-4/h7-11H,5-6H2,1-4H3. The maximum Gasteiger partial charge on any atom is 0.235 e. The molecule has 0 saturated heterocycles. The van der Waals surface area contributed by atoms with Gasteiger partial charge in [0.1, 0.15) is 5.75 Å². The van der Waals surface area contributed by atoms with E-state index < -0.39 is 0 Å². The van der Waals surface area contributed by atoms with Crippen LogP contribution in [0.3, 0.4) is 0 Å². The number of amides is 1. The molecule has 1 unspecified atom stereocenters. The number of carbonyl (C=O) groups is 1. The Balaban J connectivity index is 2.68. The molecular formula is C14H21NO2S. The van der Waals surface area contributed by atoms with Gasteiger partial charge in [0.05, 0.1) is 12.4 Å². The van der Waals surface area contributed by atoms with E-state index in [1.54, 1.807) is 18.9 Å². The third-order valence-electron chi connectivity index (χ3n) is 2.78. The summed E-state index contributed by atoms with van der Waals surface area (Å²) in [6.45, 7) is 7.48. The number of ether oxygens (including phenoxy) is 1. The summed E-state index contributed by atoms with van der Waals surface area (Å²) in [5, 5.41) is -0.0722. The fraction of sp³-hybridized carbons (Fsp3) is 0.500. The highest BCUT2D eigenvalue weighted by Gasteiger charge is 2.19. The Morgan fingerprint density at radius 3 is 2.61 bits per heavy atom. The minimum absolute atomic E-state index is 0.0722. The summed E-state index contributed by atoms with van der Waals surface area (Å²) in [5.74, 6) is 1.01. The molecule has 100 valence electrons. The zero-order valence-electron chi connectivity index (χ0n) is 11.5. The number of methoxy groups -OCH3 is 1. The number of rotatable bonds is 6. The van der Waals surface area contributed by atoms with Crippen LogP contribution in [-0.4, -0.2) is 36.3 Å². The fourth-order valence-corrected chi connectivity index (χ4v) is 2.72. The molecule has 1 rings (SSSR count). The zero-order valence-corrected chi connectivity index (χ0v) is 12.3. The molecule has 0 N–H and O–H groups in total. The first-order chi connectivity index (χ1) is 8.62. The number of hydrogen-bond donors (Lipinski definition) is 0. The number of nitrogens with zero attached hydrogens (tertiary/aromatic N) is 1. The quantitative estimate of drug-likeness (QED) is 0.742. The van der Waals surface area contributed by atoms with Crippen molar-refractivity contribution in [3.63, 3.8) is 0 Å². The summed E-state index contributed by atoms with van der Waals surface area (Å²) in [5.41, 5.74) is 0. The van der Waals surface area contributed by atoms with Crippen molar-refractivity contribution in [1.82, 2.24) is 4.90 Å². The van der Waals surface area contributed by atoms with E-state index in [-0.39, 0.29) is 11.2 Å². The van der Waals surface area contributed by atoms with Gasteiger partial charge in [0.15, 0.2) is 0 Å². The van der Waals surface area contributed by atoms with Crippen molar-refractivity contribution in [3.8, 4) is 5.75 Å². The molecule has 18 heavy (non-hydrogen) atoms. The highest BCUT2D eigenvalue weighted by Crippen LogP contribution is 2.27. The molecule has 0 aromatic heterocycles. The van der Waals surface area contributed by atoms with Crippen LogP contribution in [0.1, 0.15) is 20.8 Å². The Morgan fingerprint density at radius 2 is 2.06 bits per heavy atom. The monoisotopic (exact) mass is 267 g/mol. The third-order valence-corrected chi connectivity index (χ3v) is 3.86. The van der Waals surface area contributed by atoms with Crippen molar-refractivity contribution >= 4 is 17.7 Å². The predicted octanol–water partition coefficient (Wildman–Crippen LogP) is 3.04. The van der Waals surface area contributed by atoms with Gasteiger partial charge in [0.25, 0.3) is 0 Å². The smallest absolute Gasteiger partial charge is 0.235 e. The molecule has 0 aliphatic rings. The average Bonchev–Trinajstić information content (AvgIpc) is 2.40. The Labute approximate surface area is 114 Å². The molecule has 1 atom stereocenters. The van der Waals surface area contributed by atoms with Crippen LogP contribution in [0.5, 0.6) is 5.75 Å². The number of thioether (sulfide) groups is 1. The molecule has 0 heterocycles. The first-order valence-corrected chi connectivity index (χ1v) is 7.09. The van der Waals surface area contributed by atoms with E-state index in [9.17, 15) is 4.79 Å². The molecule has 1 amide bonds. The van der Waals surface area contributed by atoms with Crippen LogP contribution in [-0.2, 0) is 4.79 Å². The highest BCUT2D eigenvalue weighted by molar-refractivity contribution is 8.00. The summed E-state index contributed by atoms with van der Waals surface area (Å²) in [4.78, 5) is 15.1. The lowest BCUT2D eigenvalue weighted by molar-refractivity contribution is -0.129. The van der Waals surface area contributed by atoms with Gasteiger partial charge in [-0.1, -0.05) is 6.07 Å². The first kappa shape index (κ1) is 14.9. The van der Waals surface area contributed by atoms with Crippen LogP contribution < -0.4 is 4.74 Å². The molecule has 0 radical (unpaired) electrons. The van der Waals surface area contributed by atoms with Gasteiger partial charge in [0, 0.05) is 18.0 Å². The Bertz CT molecular complexity index is 391. The number of carbonyl (C=O) groups excluding carboxylic acids is 1. The van der Waals surface area contributed by atoms with Gasteiger partial charge in [-0.15, -0.1) is 11.8 Å². The van der Waals surface area contributed by atoms with Crippen LogP contribution in [0, 0.1) is 0 Å². The second-order valence-electron chi connectivity index (χ2n) is 3.95. The Kier molecular flexibility index (Phi) is 6.05. The van der Waals surface area contributed by atoms with Gasteiger partial charge in [-0.3, -0.25) is 4.79 Å². The second-order valence-corrected chi connectivity index (χ2v) is 5.36. The largest absolute Gasteiger partial charge is 0.497 e. The average molecular weight is 267 g/mol. The topological polar surface area (TPSA) is 29.5 Å². The minimum atomic E-state index is -0.0722. The molecule has 4 heteroatoms. The SMILES string of the molecule is CCN(CC)C(=O)C(C)Sc1cccc(OC)c1. The molecule has 1 aromatic rings. The lowest BCUT2D eigenvalue weighted by Crippen LogP contribution is -2.36. The maximum absolute atomic E-state index is 12.1. The lowest BCUT2D eigenvalue weighted by Gasteiger charge is -2.22. The van der Waals surface area contributed by atoms with Gasteiger partial charge in [-0.05, 0) is 39.0 Å². The van der Waals surface area contributed by atoms with Crippen LogP contribution in [0.2, 0.25) is 0 Å². The van der Waals surface area contributed by atoms with Crippen molar-refractivity contribution in [2.45, 2.75) is 30.9 Å². The van der Waals surface area contributed by atoms with Crippen molar-refractivity contribution in [2.75, 3.05) is 20.2 Å². The van der Waals surface area contributed by atoms with E-state index in [4.69, 9.17) is 4.74 Å². The molecule has 0 aliphatic carbocycles. The van der Waals surface area contributed by atoms with E-state index in [0.29, 0.717) is 0 Å². The van der Waals surface area contributed by atoms with Gasteiger partial charge in [-0.2, -0.15) is 0 Å². The van der Waals surface area contributed by atoms with Crippen molar-refractivity contribution < 1.29 is 9.53 Å². The summed E-state index contributed by atoms with van der Waals surface area (Å²) in [6.07, 6.45) is 0. The zero-order chi connectivity index (χ0) is 13.5. The van der Waals surface area contributed by atoms with Crippen molar-refractivity contribution in [2.24, 2.45) is 0 Å². The molecule has 0 fully saturated rings. The van der Waals surface area contributed by atoms with Crippen LogP contribution >= 0.6 is 11.8 Å². The molecule has 0 spiro atoms. The van der Waals surface area contributed by atoms with E-state index >= 15 is 0 Å². The summed E-state index contributed by atoms with van der Waals surface area (Å²) >= 11 is 1.57. The van der Waals surface area contributed by atoms with E-state index in [1.807, 2.05) is 49.9 Å². The molecule has 0 saturated carbocycles. The summed E-state index contributed by atoms with van der Waals surface area (Å²) in [6, 6.07) is 7.80. The molecular weight excluding hydrogens is 246 g/mol. The van der Waals surface area contributed by atoms with Crippen LogP contribution in [0.15, 0.2) is 29.2 Å². The third kappa shape index (κ3) is 3.95. The molecule has 1 aromatic carbocycles. The van der Waals surface area contributed by atoms with Crippen molar-refractivity contribution in [1.29, 1.82) is 0 Å². The van der Waals surface area contributed by atoms with E-state index in [0.717, 1.165) is 23.7 Å². The van der Waals surface area contributed by atoms with E-state index in [2.05, 4.69) is 0 Å². The molecule has 0 bridgehead atoms. The second kappa shape index (κ2) is 7.31. The summed E-state index contributed by atoms with van der Waals surface area (Å²) < 4.78 is 5.18. The Hall–Kier alpha value is -1.16. The minimum Gasteiger partial charge on any atom is -0.497 e. The van der Waals surface area contributed by atoms with Gasteiger partial charge < -0.3 is 9.64 Å². The molecule has 0 aliphatic heterocycles.